The van der Waals surface area contributed by atoms with E-state index in [0.717, 1.165) is 21.3 Å². The van der Waals surface area contributed by atoms with Gasteiger partial charge in [-0.25, -0.2) is 13.4 Å². The summed E-state index contributed by atoms with van der Waals surface area (Å²) in [7, 11) is -3.76. The van der Waals surface area contributed by atoms with E-state index >= 15 is 0 Å². The highest BCUT2D eigenvalue weighted by atomic mass is 32.2. The molecule has 8 heteroatoms. The molecule has 0 saturated heterocycles. The fraction of sp³-hybridized carbons (Fsp3) is 0.200. The number of sulfonamides is 1. The van der Waals surface area contributed by atoms with Crippen molar-refractivity contribution in [3.63, 3.8) is 0 Å². The van der Waals surface area contributed by atoms with Crippen LogP contribution in [0, 0.1) is 0 Å². The number of fused-ring (bicyclic) bond motifs is 1. The highest BCUT2D eigenvalue weighted by Gasteiger charge is 2.25. The number of hydrogen-bond donors (Lipinski definition) is 0. The largest absolute Gasteiger partial charge is 0.279 e. The van der Waals surface area contributed by atoms with Crippen molar-refractivity contribution in [3.05, 3.63) is 115 Å². The predicted molar refractivity (Wildman–Crippen MR) is 156 cm³/mol. The van der Waals surface area contributed by atoms with Crippen LogP contribution in [0.2, 0.25) is 0 Å². The van der Waals surface area contributed by atoms with Crippen molar-refractivity contribution in [1.29, 1.82) is 0 Å². The molecule has 1 aromatic heterocycles. The lowest BCUT2D eigenvalue weighted by molar-refractivity contribution is 0.0985. The highest BCUT2D eigenvalue weighted by Crippen LogP contribution is 2.35. The first-order valence-corrected chi connectivity index (χ1v) is 14.6. The van der Waals surface area contributed by atoms with Crippen LogP contribution in [-0.2, 0) is 16.6 Å². The standard InChI is InChI=1S/C30H31N3O3S2/c1-5-19-32(20-6-2)38(35,36)25-17-15-24(16-18-25)29(34)33(21-23-11-8-7-9-12-23)30-31-28-26(22(3)4)13-10-14-27(28)37-30/h5-18,22H,1-2,19-21H2,3-4H3. The molecule has 4 aromatic rings. The Kier molecular flexibility index (Phi) is 8.56. The molecule has 4 rings (SSSR count). The third-order valence-electron chi connectivity index (χ3n) is 6.12. The first-order chi connectivity index (χ1) is 18.3. The Balaban J connectivity index is 1.72. The molecule has 1 amide bonds. The lowest BCUT2D eigenvalue weighted by Crippen LogP contribution is -2.32. The first kappa shape index (κ1) is 27.4. The number of aromatic nitrogens is 1. The van der Waals surface area contributed by atoms with Gasteiger partial charge in [-0.05, 0) is 47.4 Å². The Bertz CT molecular complexity index is 1530. The summed E-state index contributed by atoms with van der Waals surface area (Å²) < 4.78 is 28.5. The van der Waals surface area contributed by atoms with Crippen LogP contribution in [0.25, 0.3) is 10.2 Å². The first-order valence-electron chi connectivity index (χ1n) is 12.3. The maximum Gasteiger partial charge on any atom is 0.260 e. The highest BCUT2D eigenvalue weighted by molar-refractivity contribution is 7.89. The van der Waals surface area contributed by atoms with Crippen molar-refractivity contribution < 1.29 is 13.2 Å². The molecule has 38 heavy (non-hydrogen) atoms. The molecule has 0 N–H and O–H groups in total. The van der Waals surface area contributed by atoms with Gasteiger partial charge in [-0.2, -0.15) is 4.31 Å². The minimum Gasteiger partial charge on any atom is -0.279 e. The maximum absolute atomic E-state index is 13.9. The Hall–Kier alpha value is -3.59. The average molecular weight is 546 g/mol. The number of rotatable bonds is 11. The number of thiazole rings is 1. The fourth-order valence-corrected chi connectivity index (χ4v) is 6.54. The minimum atomic E-state index is -3.76. The van der Waals surface area contributed by atoms with E-state index in [-0.39, 0.29) is 23.9 Å². The number of amides is 1. The van der Waals surface area contributed by atoms with E-state index in [9.17, 15) is 13.2 Å². The van der Waals surface area contributed by atoms with E-state index in [1.807, 2.05) is 42.5 Å². The molecule has 0 bridgehead atoms. The molecule has 0 radical (unpaired) electrons. The molecule has 3 aromatic carbocycles. The molecule has 0 aliphatic heterocycles. The summed E-state index contributed by atoms with van der Waals surface area (Å²) in [5.41, 5.74) is 3.38. The number of para-hydroxylation sites is 1. The SMILES string of the molecule is C=CCN(CC=C)S(=O)(=O)c1ccc(C(=O)N(Cc2ccccc2)c2nc3c(C(C)C)cccc3s2)cc1. The third-order valence-corrected chi connectivity index (χ3v) is 9.01. The van der Waals surface area contributed by atoms with Gasteiger partial charge >= 0.3 is 0 Å². The molecular weight excluding hydrogens is 514 g/mol. The molecule has 0 aliphatic rings. The summed E-state index contributed by atoms with van der Waals surface area (Å²) in [5, 5.41) is 0.599. The number of carbonyl (C=O) groups is 1. The summed E-state index contributed by atoms with van der Waals surface area (Å²) in [6.45, 7) is 12.2. The smallest absolute Gasteiger partial charge is 0.260 e. The molecule has 6 nitrogen and oxygen atoms in total. The molecule has 0 aliphatic carbocycles. The molecule has 1 heterocycles. The van der Waals surface area contributed by atoms with Crippen molar-refractivity contribution in [2.24, 2.45) is 0 Å². The number of nitrogens with zero attached hydrogens (tertiary/aromatic N) is 3. The summed E-state index contributed by atoms with van der Waals surface area (Å²) in [6.07, 6.45) is 3.06. The van der Waals surface area contributed by atoms with Gasteiger partial charge in [-0.15, -0.1) is 13.2 Å². The van der Waals surface area contributed by atoms with Crippen LogP contribution in [0.15, 0.2) is 103 Å². The van der Waals surface area contributed by atoms with Crippen molar-refractivity contribution in [2.45, 2.75) is 31.2 Å². The second kappa shape index (κ2) is 11.9. The monoisotopic (exact) mass is 545 g/mol. The number of anilines is 1. The zero-order valence-corrected chi connectivity index (χ0v) is 23.2. The Morgan fingerprint density at radius 1 is 0.947 bits per heavy atom. The lowest BCUT2D eigenvalue weighted by Gasteiger charge is -2.21. The number of benzene rings is 3. The van der Waals surface area contributed by atoms with E-state index in [0.29, 0.717) is 23.2 Å². The molecular formula is C30H31N3O3S2. The normalized spacial score (nSPS) is 11.7. The Morgan fingerprint density at radius 3 is 2.21 bits per heavy atom. The Labute approximate surface area is 228 Å². The van der Waals surface area contributed by atoms with Gasteiger partial charge < -0.3 is 0 Å². The lowest BCUT2D eigenvalue weighted by atomic mass is 10.0. The van der Waals surface area contributed by atoms with Crippen LogP contribution in [0.4, 0.5) is 5.13 Å². The second-order valence-electron chi connectivity index (χ2n) is 9.15. The van der Waals surface area contributed by atoms with Gasteiger partial charge in [0.25, 0.3) is 5.91 Å². The Morgan fingerprint density at radius 2 is 1.61 bits per heavy atom. The summed E-state index contributed by atoms with van der Waals surface area (Å²) in [6, 6.07) is 21.9. The van der Waals surface area contributed by atoms with Gasteiger partial charge in [0.15, 0.2) is 5.13 Å². The fourth-order valence-electron chi connectivity index (χ4n) is 4.16. The van der Waals surface area contributed by atoms with Crippen molar-refractivity contribution in [2.75, 3.05) is 18.0 Å². The van der Waals surface area contributed by atoms with Crippen LogP contribution in [-0.4, -0.2) is 36.7 Å². The van der Waals surface area contributed by atoms with Gasteiger partial charge in [0.2, 0.25) is 10.0 Å². The summed E-state index contributed by atoms with van der Waals surface area (Å²) in [4.78, 5) is 20.5. The zero-order chi connectivity index (χ0) is 27.3. The average Bonchev–Trinajstić information content (AvgIpc) is 3.36. The topological polar surface area (TPSA) is 70.6 Å². The van der Waals surface area contributed by atoms with E-state index in [1.54, 1.807) is 17.0 Å². The van der Waals surface area contributed by atoms with E-state index in [4.69, 9.17) is 4.98 Å². The van der Waals surface area contributed by atoms with Crippen LogP contribution in [0.5, 0.6) is 0 Å². The minimum absolute atomic E-state index is 0.105. The van der Waals surface area contributed by atoms with Crippen LogP contribution in [0.3, 0.4) is 0 Å². The van der Waals surface area contributed by atoms with Crippen LogP contribution in [0.1, 0.15) is 41.3 Å². The third kappa shape index (κ3) is 5.78. The summed E-state index contributed by atoms with van der Waals surface area (Å²) in [5.74, 6) is 0.0418. The molecule has 196 valence electrons. The van der Waals surface area contributed by atoms with Gasteiger partial charge in [-0.3, -0.25) is 9.69 Å². The van der Waals surface area contributed by atoms with E-state index in [1.165, 1.54) is 39.9 Å². The predicted octanol–water partition coefficient (Wildman–Crippen LogP) is 6.63. The molecule has 0 atom stereocenters. The van der Waals surface area contributed by atoms with Gasteiger partial charge in [0.1, 0.15) is 0 Å². The zero-order valence-electron chi connectivity index (χ0n) is 21.6. The van der Waals surface area contributed by atoms with Crippen molar-refractivity contribution in [3.8, 4) is 0 Å². The number of hydrogen-bond acceptors (Lipinski definition) is 5. The van der Waals surface area contributed by atoms with Crippen molar-refractivity contribution in [1.82, 2.24) is 9.29 Å². The van der Waals surface area contributed by atoms with E-state index < -0.39 is 10.0 Å². The second-order valence-corrected chi connectivity index (χ2v) is 12.1. The van der Waals surface area contributed by atoms with Crippen molar-refractivity contribution >= 4 is 42.6 Å². The van der Waals surface area contributed by atoms with Crippen LogP contribution >= 0.6 is 11.3 Å². The van der Waals surface area contributed by atoms with Crippen LogP contribution < -0.4 is 4.90 Å². The molecule has 0 saturated carbocycles. The molecule has 0 unspecified atom stereocenters. The van der Waals surface area contributed by atoms with E-state index in [2.05, 4.69) is 33.1 Å². The quantitative estimate of drug-likeness (QED) is 0.198. The molecule has 0 fully saturated rings. The molecule has 0 spiro atoms. The van der Waals surface area contributed by atoms with Gasteiger partial charge in [0.05, 0.1) is 21.7 Å². The summed E-state index contributed by atoms with van der Waals surface area (Å²) >= 11 is 1.47. The van der Waals surface area contributed by atoms with Gasteiger partial charge in [-0.1, -0.05) is 79.8 Å². The number of carbonyl (C=O) groups excluding carboxylic acids is 1. The van der Waals surface area contributed by atoms with Gasteiger partial charge in [0, 0.05) is 18.7 Å². The maximum atomic E-state index is 13.9.